The zero-order chi connectivity index (χ0) is 17.5. The number of aliphatic hydroxyl groups is 1. The number of aliphatic hydroxyl groups excluding tert-OH is 1. The third-order valence-corrected chi connectivity index (χ3v) is 3.40. The monoisotopic (exact) mass is 341 g/mol. The Hall–Kier alpha value is -1.56. The third-order valence-electron chi connectivity index (χ3n) is 3.18. The van der Waals surface area contributed by atoms with Crippen LogP contribution in [0, 0.1) is 0 Å². The Morgan fingerprint density at radius 3 is 2.70 bits per heavy atom. The van der Waals surface area contributed by atoms with E-state index < -0.39 is 5.60 Å². The van der Waals surface area contributed by atoms with E-state index in [0.717, 1.165) is 5.56 Å². The van der Waals surface area contributed by atoms with Gasteiger partial charge in [-0.15, -0.1) is 0 Å². The molecule has 0 aliphatic heterocycles. The van der Waals surface area contributed by atoms with Crippen molar-refractivity contribution in [2.75, 3.05) is 26.9 Å². The highest BCUT2D eigenvalue weighted by molar-refractivity contribution is 6.30. The zero-order valence-electron chi connectivity index (χ0n) is 13.8. The van der Waals surface area contributed by atoms with Crippen molar-refractivity contribution < 1.29 is 19.4 Å². The highest BCUT2D eigenvalue weighted by Crippen LogP contribution is 2.23. The highest BCUT2D eigenvalue weighted by Gasteiger charge is 2.25. The van der Waals surface area contributed by atoms with Crippen LogP contribution in [0.15, 0.2) is 30.9 Å². The second kappa shape index (κ2) is 8.91. The molecule has 1 aromatic rings. The average molecular weight is 342 g/mol. The maximum atomic E-state index is 12.1. The Labute approximate surface area is 142 Å². The van der Waals surface area contributed by atoms with E-state index >= 15 is 0 Å². The number of hydrogen-bond acceptors (Lipinski definition) is 4. The molecule has 0 heterocycles. The lowest BCUT2D eigenvalue weighted by Crippen LogP contribution is -2.43. The second-order valence-electron chi connectivity index (χ2n) is 5.73. The summed E-state index contributed by atoms with van der Waals surface area (Å²) in [6, 6.07) is 5.32. The minimum atomic E-state index is -0.593. The fourth-order valence-corrected chi connectivity index (χ4v) is 2.47. The average Bonchev–Trinajstić information content (AvgIpc) is 2.50. The van der Waals surface area contributed by atoms with Gasteiger partial charge in [-0.25, -0.2) is 0 Å². The molecule has 1 rings (SSSR count). The number of carbonyl (C=O) groups is 1. The van der Waals surface area contributed by atoms with Gasteiger partial charge in [-0.1, -0.05) is 18.2 Å². The number of rotatable bonds is 9. The molecule has 0 aliphatic carbocycles. The predicted octanol–water partition coefficient (Wildman–Crippen LogP) is 2.65. The molecule has 0 fully saturated rings. The normalized spacial score (nSPS) is 11.2. The predicted molar refractivity (Wildman–Crippen MR) is 90.7 cm³/mol. The molecule has 0 bridgehead atoms. The van der Waals surface area contributed by atoms with Crippen molar-refractivity contribution in [2.45, 2.75) is 26.0 Å². The van der Waals surface area contributed by atoms with Gasteiger partial charge < -0.3 is 19.5 Å². The standard InChI is InChI=1S/C17H24ClNO4/c1-5-16(21)19(12-17(2,3)23-7-6-20)11-13-8-14(18)10-15(9-13)22-4/h5,8-10,20H,1,6-7,11-12H2,2-4H3. The van der Waals surface area contributed by atoms with Crippen LogP contribution in [0.1, 0.15) is 19.4 Å². The Morgan fingerprint density at radius 1 is 1.43 bits per heavy atom. The van der Waals surface area contributed by atoms with E-state index in [9.17, 15) is 4.79 Å². The Kier molecular flexibility index (Phi) is 7.55. The van der Waals surface area contributed by atoms with E-state index in [1.165, 1.54) is 6.08 Å². The Balaban J connectivity index is 2.93. The summed E-state index contributed by atoms with van der Waals surface area (Å²) >= 11 is 6.07. The SMILES string of the molecule is C=CC(=O)N(Cc1cc(Cl)cc(OC)c1)CC(C)(C)OCCO. The number of halogens is 1. The van der Waals surface area contributed by atoms with Crippen LogP contribution in [0.2, 0.25) is 5.02 Å². The van der Waals surface area contributed by atoms with Crippen molar-refractivity contribution in [3.63, 3.8) is 0 Å². The van der Waals surface area contributed by atoms with Gasteiger partial charge in [0.25, 0.3) is 0 Å². The molecule has 0 atom stereocenters. The topological polar surface area (TPSA) is 59.0 Å². The fourth-order valence-electron chi connectivity index (χ4n) is 2.22. The van der Waals surface area contributed by atoms with E-state index in [0.29, 0.717) is 23.9 Å². The van der Waals surface area contributed by atoms with Gasteiger partial charge in [-0.3, -0.25) is 4.79 Å². The van der Waals surface area contributed by atoms with Gasteiger partial charge in [0.15, 0.2) is 0 Å². The maximum absolute atomic E-state index is 12.1. The first-order valence-electron chi connectivity index (χ1n) is 7.31. The minimum Gasteiger partial charge on any atom is -0.497 e. The molecule has 0 aliphatic rings. The molecule has 0 saturated heterocycles. The number of nitrogens with zero attached hydrogens (tertiary/aromatic N) is 1. The molecule has 23 heavy (non-hydrogen) atoms. The summed E-state index contributed by atoms with van der Waals surface area (Å²) in [7, 11) is 1.56. The van der Waals surface area contributed by atoms with Crippen molar-refractivity contribution in [1.29, 1.82) is 0 Å². The molecule has 0 radical (unpaired) electrons. The molecule has 1 aromatic carbocycles. The van der Waals surface area contributed by atoms with Gasteiger partial charge in [-0.05, 0) is 43.7 Å². The molecule has 128 valence electrons. The summed E-state index contributed by atoms with van der Waals surface area (Å²) in [5, 5.41) is 9.43. The molecule has 5 nitrogen and oxygen atoms in total. The molecule has 1 N–H and O–H groups in total. The van der Waals surface area contributed by atoms with Crippen molar-refractivity contribution in [3.8, 4) is 5.75 Å². The van der Waals surface area contributed by atoms with Gasteiger partial charge in [-0.2, -0.15) is 0 Å². The molecule has 6 heteroatoms. The van der Waals surface area contributed by atoms with E-state index in [2.05, 4.69) is 6.58 Å². The number of ether oxygens (including phenoxy) is 2. The van der Waals surface area contributed by atoms with Gasteiger partial charge >= 0.3 is 0 Å². The van der Waals surface area contributed by atoms with Crippen LogP contribution in [0.25, 0.3) is 0 Å². The van der Waals surface area contributed by atoms with Crippen LogP contribution in [-0.4, -0.2) is 48.4 Å². The number of methoxy groups -OCH3 is 1. The summed E-state index contributed by atoms with van der Waals surface area (Å²) < 4.78 is 10.8. The first-order valence-corrected chi connectivity index (χ1v) is 7.68. The van der Waals surface area contributed by atoms with Gasteiger partial charge in [0, 0.05) is 18.1 Å². The molecule has 0 aromatic heterocycles. The summed E-state index contributed by atoms with van der Waals surface area (Å²) in [6.45, 7) is 8.14. The van der Waals surface area contributed by atoms with Crippen molar-refractivity contribution >= 4 is 17.5 Å². The van der Waals surface area contributed by atoms with Crippen LogP contribution >= 0.6 is 11.6 Å². The number of amides is 1. The van der Waals surface area contributed by atoms with Gasteiger partial charge in [0.2, 0.25) is 5.91 Å². The molecular weight excluding hydrogens is 318 g/mol. The number of carbonyl (C=O) groups excluding carboxylic acids is 1. The molecule has 1 amide bonds. The van der Waals surface area contributed by atoms with E-state index in [1.54, 1.807) is 24.1 Å². The largest absolute Gasteiger partial charge is 0.497 e. The zero-order valence-corrected chi connectivity index (χ0v) is 14.6. The summed E-state index contributed by atoms with van der Waals surface area (Å²) in [4.78, 5) is 13.8. The number of benzene rings is 1. The summed E-state index contributed by atoms with van der Waals surface area (Å²) in [5.74, 6) is 0.430. The Morgan fingerprint density at radius 2 is 2.13 bits per heavy atom. The quantitative estimate of drug-likeness (QED) is 0.701. The molecule has 0 unspecified atom stereocenters. The lowest BCUT2D eigenvalue weighted by molar-refractivity contribution is -0.132. The van der Waals surface area contributed by atoms with Crippen molar-refractivity contribution in [1.82, 2.24) is 4.90 Å². The molecule has 0 spiro atoms. The van der Waals surface area contributed by atoms with Crippen LogP contribution in [-0.2, 0) is 16.1 Å². The van der Waals surface area contributed by atoms with Gasteiger partial charge in [0.1, 0.15) is 5.75 Å². The van der Waals surface area contributed by atoms with E-state index in [-0.39, 0.29) is 19.1 Å². The van der Waals surface area contributed by atoms with E-state index in [1.807, 2.05) is 19.9 Å². The smallest absolute Gasteiger partial charge is 0.246 e. The second-order valence-corrected chi connectivity index (χ2v) is 6.17. The van der Waals surface area contributed by atoms with Crippen molar-refractivity contribution in [2.24, 2.45) is 0 Å². The summed E-state index contributed by atoms with van der Waals surface area (Å²) in [6.07, 6.45) is 1.27. The third kappa shape index (κ3) is 6.60. The molecular formula is C17H24ClNO4. The number of hydrogen-bond donors (Lipinski definition) is 1. The van der Waals surface area contributed by atoms with Crippen LogP contribution in [0.4, 0.5) is 0 Å². The first kappa shape index (κ1) is 19.5. The molecule has 0 saturated carbocycles. The Bertz CT molecular complexity index is 545. The lowest BCUT2D eigenvalue weighted by atomic mass is 10.1. The van der Waals surface area contributed by atoms with Crippen molar-refractivity contribution in [3.05, 3.63) is 41.4 Å². The minimum absolute atomic E-state index is 0.0652. The van der Waals surface area contributed by atoms with E-state index in [4.69, 9.17) is 26.2 Å². The van der Waals surface area contributed by atoms with Gasteiger partial charge in [0.05, 0.1) is 25.9 Å². The van der Waals surface area contributed by atoms with Crippen LogP contribution < -0.4 is 4.74 Å². The van der Waals surface area contributed by atoms with Crippen LogP contribution in [0.3, 0.4) is 0 Å². The van der Waals surface area contributed by atoms with Crippen LogP contribution in [0.5, 0.6) is 5.75 Å². The maximum Gasteiger partial charge on any atom is 0.246 e. The fraction of sp³-hybridized carbons (Fsp3) is 0.471. The summed E-state index contributed by atoms with van der Waals surface area (Å²) in [5.41, 5.74) is 0.256. The highest BCUT2D eigenvalue weighted by atomic mass is 35.5. The lowest BCUT2D eigenvalue weighted by Gasteiger charge is -2.32. The first-order chi connectivity index (χ1) is 10.8.